The zero-order chi connectivity index (χ0) is 14.4. The average Bonchev–Trinajstić information content (AvgIpc) is 2.44. The lowest BCUT2D eigenvalue weighted by Crippen LogP contribution is -2.11. The molecule has 0 atom stereocenters. The molecule has 2 rings (SSSR count). The molecule has 0 aliphatic carbocycles. The number of hydrogen-bond donors (Lipinski definition) is 2. The van der Waals surface area contributed by atoms with Crippen LogP contribution in [0.15, 0.2) is 60.7 Å². The van der Waals surface area contributed by atoms with Crippen LogP contribution in [0.1, 0.15) is 16.7 Å². The Labute approximate surface area is 121 Å². The molecular formula is C15H19O3PSi. The summed E-state index contributed by atoms with van der Waals surface area (Å²) in [6.07, 6.45) is 0.00931. The summed E-state index contributed by atoms with van der Waals surface area (Å²) < 4.78 is 11.0. The molecule has 106 valence electrons. The van der Waals surface area contributed by atoms with Crippen molar-refractivity contribution in [2.75, 3.05) is 6.16 Å². The van der Waals surface area contributed by atoms with E-state index in [4.69, 9.17) is 9.79 Å². The summed E-state index contributed by atoms with van der Waals surface area (Å²) >= 11 is 0. The van der Waals surface area contributed by atoms with Gasteiger partial charge in [-0.3, -0.25) is 4.57 Å². The van der Waals surface area contributed by atoms with E-state index in [1.54, 1.807) is 0 Å². The molecule has 20 heavy (non-hydrogen) atoms. The minimum atomic E-state index is -3.87. The third-order valence-corrected chi connectivity index (χ3v) is 7.12. The lowest BCUT2D eigenvalue weighted by molar-refractivity contribution is 0.375. The molecule has 3 nitrogen and oxygen atoms in total. The van der Waals surface area contributed by atoms with Gasteiger partial charge in [0.05, 0.1) is 0 Å². The van der Waals surface area contributed by atoms with Crippen molar-refractivity contribution in [3.8, 4) is 0 Å². The van der Waals surface area contributed by atoms with Crippen LogP contribution in [0.25, 0.3) is 0 Å². The fourth-order valence-electron chi connectivity index (χ4n) is 2.40. The SMILES string of the molecule is O=P(O)(O)CC[SiH2]C(c1ccccc1)c1ccccc1. The van der Waals surface area contributed by atoms with Gasteiger partial charge in [-0.2, -0.15) is 0 Å². The lowest BCUT2D eigenvalue weighted by atomic mass is 10.0. The van der Waals surface area contributed by atoms with Crippen molar-refractivity contribution < 1.29 is 14.4 Å². The fourth-order valence-corrected chi connectivity index (χ4v) is 6.40. The molecule has 0 aromatic heterocycles. The van der Waals surface area contributed by atoms with Crippen molar-refractivity contribution >= 4 is 17.1 Å². The van der Waals surface area contributed by atoms with Crippen molar-refractivity contribution in [2.45, 2.75) is 11.6 Å². The maximum atomic E-state index is 11.0. The van der Waals surface area contributed by atoms with Crippen LogP contribution in [-0.2, 0) is 4.57 Å². The molecule has 0 saturated carbocycles. The molecule has 0 amide bonds. The molecule has 0 saturated heterocycles. The molecule has 0 radical (unpaired) electrons. The van der Waals surface area contributed by atoms with Crippen LogP contribution in [0.3, 0.4) is 0 Å². The zero-order valence-electron chi connectivity index (χ0n) is 11.2. The van der Waals surface area contributed by atoms with Gasteiger partial charge in [0, 0.05) is 15.7 Å². The first-order valence-electron chi connectivity index (χ1n) is 6.71. The Morgan fingerprint density at radius 2 is 1.35 bits per heavy atom. The van der Waals surface area contributed by atoms with Crippen molar-refractivity contribution in [1.29, 1.82) is 0 Å². The molecular weight excluding hydrogens is 287 g/mol. The molecule has 0 unspecified atom stereocenters. The Balaban J connectivity index is 2.15. The minimum absolute atomic E-state index is 0.00931. The Kier molecular flexibility index (Phi) is 5.32. The van der Waals surface area contributed by atoms with Gasteiger partial charge in [-0.1, -0.05) is 66.7 Å². The highest BCUT2D eigenvalue weighted by atomic mass is 31.2. The summed E-state index contributed by atoms with van der Waals surface area (Å²) in [5.74, 6) is 0. The van der Waals surface area contributed by atoms with Crippen LogP contribution in [0, 0.1) is 0 Å². The Morgan fingerprint density at radius 1 is 0.900 bits per heavy atom. The first kappa shape index (κ1) is 15.2. The van der Waals surface area contributed by atoms with Crippen molar-refractivity contribution in [3.63, 3.8) is 0 Å². The average molecular weight is 306 g/mol. The summed E-state index contributed by atoms with van der Waals surface area (Å²) in [7, 11) is -4.51. The molecule has 0 heterocycles. The first-order chi connectivity index (χ1) is 9.56. The Bertz CT molecular complexity index is 529. The van der Waals surface area contributed by atoms with Gasteiger partial charge in [-0.15, -0.1) is 0 Å². The zero-order valence-corrected chi connectivity index (χ0v) is 13.5. The second-order valence-electron chi connectivity index (χ2n) is 4.90. The number of hydrogen-bond acceptors (Lipinski definition) is 1. The molecule has 2 aromatic carbocycles. The van der Waals surface area contributed by atoms with E-state index in [1.807, 2.05) is 36.4 Å². The predicted octanol–water partition coefficient (Wildman–Crippen LogP) is 2.54. The van der Waals surface area contributed by atoms with Crippen molar-refractivity contribution in [2.24, 2.45) is 0 Å². The van der Waals surface area contributed by atoms with E-state index in [2.05, 4.69) is 24.3 Å². The molecule has 0 bridgehead atoms. The van der Waals surface area contributed by atoms with E-state index in [9.17, 15) is 4.57 Å². The van der Waals surface area contributed by atoms with Gasteiger partial charge in [0.1, 0.15) is 0 Å². The highest BCUT2D eigenvalue weighted by Crippen LogP contribution is 2.36. The first-order valence-corrected chi connectivity index (χ1v) is 10.3. The maximum Gasteiger partial charge on any atom is 0.325 e. The normalized spacial score (nSPS) is 12.3. The summed E-state index contributed by atoms with van der Waals surface area (Å²) in [6.45, 7) is 0. The fraction of sp³-hybridized carbons (Fsp3) is 0.200. The van der Waals surface area contributed by atoms with E-state index < -0.39 is 17.1 Å². The summed E-state index contributed by atoms with van der Waals surface area (Å²) in [5.41, 5.74) is 2.82. The van der Waals surface area contributed by atoms with Crippen LogP contribution in [0.5, 0.6) is 0 Å². The summed E-state index contributed by atoms with van der Waals surface area (Å²) in [4.78, 5) is 18.0. The van der Waals surface area contributed by atoms with Gasteiger partial charge in [0.15, 0.2) is 0 Å². The van der Waals surface area contributed by atoms with E-state index in [0.29, 0.717) is 11.6 Å². The molecule has 0 aliphatic heterocycles. The lowest BCUT2D eigenvalue weighted by Gasteiger charge is -2.17. The van der Waals surface area contributed by atoms with Gasteiger partial charge >= 0.3 is 7.60 Å². The van der Waals surface area contributed by atoms with Gasteiger partial charge < -0.3 is 9.79 Å². The van der Waals surface area contributed by atoms with E-state index >= 15 is 0 Å². The smallest absolute Gasteiger partial charge is 0.324 e. The third kappa shape index (κ3) is 4.73. The topological polar surface area (TPSA) is 57.5 Å². The van der Waals surface area contributed by atoms with Crippen molar-refractivity contribution in [3.05, 3.63) is 71.8 Å². The summed E-state index contributed by atoms with van der Waals surface area (Å²) in [5, 5.41) is 0. The predicted molar refractivity (Wildman–Crippen MR) is 85.0 cm³/mol. The highest BCUT2D eigenvalue weighted by molar-refractivity contribution is 7.51. The van der Waals surface area contributed by atoms with Crippen LogP contribution in [0.4, 0.5) is 0 Å². The second-order valence-corrected chi connectivity index (χ2v) is 8.78. The van der Waals surface area contributed by atoms with Crippen molar-refractivity contribution in [1.82, 2.24) is 0 Å². The quantitative estimate of drug-likeness (QED) is 0.637. The largest absolute Gasteiger partial charge is 0.325 e. The number of rotatable bonds is 6. The maximum absolute atomic E-state index is 11.0. The number of benzene rings is 2. The molecule has 2 aromatic rings. The van der Waals surface area contributed by atoms with Crippen LogP contribution < -0.4 is 0 Å². The second kappa shape index (κ2) is 7.00. The van der Waals surface area contributed by atoms with Crippen LogP contribution in [0.2, 0.25) is 6.04 Å². The summed E-state index contributed by atoms with van der Waals surface area (Å²) in [6, 6.07) is 21.1. The Morgan fingerprint density at radius 3 is 1.75 bits per heavy atom. The van der Waals surface area contributed by atoms with Gasteiger partial charge in [-0.05, 0) is 16.7 Å². The highest BCUT2D eigenvalue weighted by Gasteiger charge is 2.18. The van der Waals surface area contributed by atoms with Gasteiger partial charge in [0.2, 0.25) is 0 Å². The van der Waals surface area contributed by atoms with E-state index in [1.165, 1.54) is 11.1 Å². The molecule has 0 fully saturated rings. The standard InChI is InChI=1S/C15H19O3PSi/c16-19(17,18)11-12-20-15(13-7-3-1-4-8-13)14-9-5-2-6-10-14/h1-10,15H,11-12,20H2,(H2,16,17,18). The monoisotopic (exact) mass is 306 g/mol. The van der Waals surface area contributed by atoms with Crippen LogP contribution >= 0.6 is 7.60 Å². The van der Waals surface area contributed by atoms with Gasteiger partial charge in [-0.25, -0.2) is 0 Å². The van der Waals surface area contributed by atoms with E-state index in [-0.39, 0.29) is 6.16 Å². The van der Waals surface area contributed by atoms with E-state index in [0.717, 1.165) is 0 Å². The van der Waals surface area contributed by atoms with Crippen LogP contribution in [-0.4, -0.2) is 25.5 Å². The molecule has 5 heteroatoms. The Hall–Kier alpha value is -1.19. The minimum Gasteiger partial charge on any atom is -0.324 e. The molecule has 0 aliphatic rings. The molecule has 0 spiro atoms. The molecule has 2 N–H and O–H groups in total. The van der Waals surface area contributed by atoms with Gasteiger partial charge in [0.25, 0.3) is 0 Å². The third-order valence-electron chi connectivity index (χ3n) is 3.35.